The molecule has 0 aliphatic heterocycles. The summed E-state index contributed by atoms with van der Waals surface area (Å²) in [6.07, 6.45) is 1.88. The third-order valence-electron chi connectivity index (χ3n) is 3.10. The number of carboxylic acids is 1. The van der Waals surface area contributed by atoms with E-state index in [0.717, 1.165) is 18.4 Å². The number of ether oxygens (including phenoxy) is 1. The van der Waals surface area contributed by atoms with Crippen LogP contribution in [0.25, 0.3) is 0 Å². The van der Waals surface area contributed by atoms with Gasteiger partial charge in [-0.2, -0.15) is 0 Å². The molecule has 1 unspecified atom stereocenters. The Hall–Kier alpha value is -1.51. The molecule has 3 nitrogen and oxygen atoms in total. The van der Waals surface area contributed by atoms with Crippen molar-refractivity contribution >= 4 is 5.97 Å². The Balaban J connectivity index is 2.21. The lowest BCUT2D eigenvalue weighted by molar-refractivity contribution is -0.155. The van der Waals surface area contributed by atoms with Gasteiger partial charge in [0.15, 0.2) is 0 Å². The molecule has 1 saturated carbocycles. The summed E-state index contributed by atoms with van der Waals surface area (Å²) in [4.78, 5) is 11.3. The molecule has 0 saturated heterocycles. The second-order valence-corrected chi connectivity index (χ2v) is 4.61. The van der Waals surface area contributed by atoms with Crippen molar-refractivity contribution in [3.05, 3.63) is 29.8 Å². The average Bonchev–Trinajstić information content (AvgIpc) is 3.00. The molecular formula is C13H16O3. The van der Waals surface area contributed by atoms with Gasteiger partial charge in [-0.05, 0) is 44.4 Å². The summed E-state index contributed by atoms with van der Waals surface area (Å²) in [5.41, 5.74) is -0.00520. The SMILES string of the molecule is Cc1cccc(OC(C)(C(=O)O)C2CC2)c1. The van der Waals surface area contributed by atoms with Gasteiger partial charge >= 0.3 is 5.97 Å². The summed E-state index contributed by atoms with van der Waals surface area (Å²) in [6, 6.07) is 7.50. The highest BCUT2D eigenvalue weighted by molar-refractivity contribution is 5.78. The predicted molar refractivity (Wildman–Crippen MR) is 60.6 cm³/mol. The van der Waals surface area contributed by atoms with E-state index in [9.17, 15) is 9.90 Å². The van der Waals surface area contributed by atoms with Crippen LogP contribution < -0.4 is 4.74 Å². The standard InChI is InChI=1S/C13H16O3/c1-9-4-3-5-11(8-9)16-13(2,12(14)15)10-6-7-10/h3-5,8,10H,6-7H2,1-2H3,(H,14,15). The van der Waals surface area contributed by atoms with E-state index in [1.165, 1.54) is 0 Å². The highest BCUT2D eigenvalue weighted by Crippen LogP contribution is 2.42. The first-order chi connectivity index (χ1) is 7.52. The fourth-order valence-corrected chi connectivity index (χ4v) is 1.86. The molecule has 16 heavy (non-hydrogen) atoms. The van der Waals surface area contributed by atoms with Crippen molar-refractivity contribution in [1.82, 2.24) is 0 Å². The van der Waals surface area contributed by atoms with Crippen molar-refractivity contribution < 1.29 is 14.6 Å². The van der Waals surface area contributed by atoms with Crippen molar-refractivity contribution in [1.29, 1.82) is 0 Å². The van der Waals surface area contributed by atoms with Crippen LogP contribution in [0.4, 0.5) is 0 Å². The molecule has 1 fully saturated rings. The molecule has 0 spiro atoms. The predicted octanol–water partition coefficient (Wildman–Crippen LogP) is 2.63. The first-order valence-electron chi connectivity index (χ1n) is 5.51. The van der Waals surface area contributed by atoms with Gasteiger partial charge in [-0.1, -0.05) is 12.1 Å². The second-order valence-electron chi connectivity index (χ2n) is 4.61. The molecule has 0 bridgehead atoms. The third kappa shape index (κ3) is 2.03. The minimum atomic E-state index is -1.08. The van der Waals surface area contributed by atoms with Gasteiger partial charge in [0, 0.05) is 5.92 Å². The molecule has 0 amide bonds. The normalized spacial score (nSPS) is 18.9. The fourth-order valence-electron chi connectivity index (χ4n) is 1.86. The molecule has 1 aliphatic rings. The number of benzene rings is 1. The molecule has 1 aliphatic carbocycles. The van der Waals surface area contributed by atoms with Gasteiger partial charge in [0.05, 0.1) is 0 Å². The van der Waals surface area contributed by atoms with Crippen molar-refractivity contribution in [2.75, 3.05) is 0 Å². The van der Waals surface area contributed by atoms with Crippen LogP contribution in [-0.2, 0) is 4.79 Å². The van der Waals surface area contributed by atoms with E-state index in [1.54, 1.807) is 13.0 Å². The lowest BCUT2D eigenvalue weighted by Crippen LogP contribution is -2.43. The van der Waals surface area contributed by atoms with E-state index in [2.05, 4.69) is 0 Å². The van der Waals surface area contributed by atoms with Crippen molar-refractivity contribution in [2.45, 2.75) is 32.3 Å². The van der Waals surface area contributed by atoms with Gasteiger partial charge in [-0.25, -0.2) is 4.79 Å². The van der Waals surface area contributed by atoms with Crippen LogP contribution in [0.15, 0.2) is 24.3 Å². The first kappa shape index (κ1) is 11.0. The maximum Gasteiger partial charge on any atom is 0.348 e. The van der Waals surface area contributed by atoms with Crippen molar-refractivity contribution in [3.63, 3.8) is 0 Å². The lowest BCUT2D eigenvalue weighted by atomic mass is 10.0. The second kappa shape index (κ2) is 3.81. The number of hydrogen-bond acceptors (Lipinski definition) is 2. The van der Waals surface area contributed by atoms with Crippen molar-refractivity contribution in [2.24, 2.45) is 5.92 Å². The Morgan fingerprint density at radius 1 is 1.50 bits per heavy atom. The molecule has 86 valence electrons. The summed E-state index contributed by atoms with van der Waals surface area (Å²) < 4.78 is 5.67. The molecule has 0 heterocycles. The lowest BCUT2D eigenvalue weighted by Gasteiger charge is -2.26. The highest BCUT2D eigenvalue weighted by Gasteiger charge is 2.49. The van der Waals surface area contributed by atoms with Gasteiger partial charge < -0.3 is 9.84 Å². The van der Waals surface area contributed by atoms with E-state index in [4.69, 9.17) is 4.74 Å². The number of rotatable bonds is 4. The summed E-state index contributed by atoms with van der Waals surface area (Å²) in [7, 11) is 0. The molecule has 0 radical (unpaired) electrons. The first-order valence-corrected chi connectivity index (χ1v) is 5.51. The Morgan fingerprint density at radius 2 is 2.19 bits per heavy atom. The number of hydrogen-bond donors (Lipinski definition) is 1. The molecular weight excluding hydrogens is 204 g/mol. The van der Waals surface area contributed by atoms with Crippen LogP contribution in [0.2, 0.25) is 0 Å². The monoisotopic (exact) mass is 220 g/mol. The number of aliphatic carboxylic acids is 1. The number of carbonyl (C=O) groups is 1. The van der Waals surface area contributed by atoms with Gasteiger partial charge in [0.2, 0.25) is 5.60 Å². The Kier molecular flexibility index (Phi) is 2.62. The van der Waals surface area contributed by atoms with Crippen LogP contribution in [0.3, 0.4) is 0 Å². The van der Waals surface area contributed by atoms with E-state index in [1.807, 2.05) is 25.1 Å². The van der Waals surface area contributed by atoms with Crippen molar-refractivity contribution in [3.8, 4) is 5.75 Å². The quantitative estimate of drug-likeness (QED) is 0.848. The largest absolute Gasteiger partial charge is 0.478 e. The smallest absolute Gasteiger partial charge is 0.348 e. The van der Waals surface area contributed by atoms with Gasteiger partial charge in [0.1, 0.15) is 5.75 Å². The van der Waals surface area contributed by atoms with Gasteiger partial charge in [0.25, 0.3) is 0 Å². The summed E-state index contributed by atoms with van der Waals surface area (Å²) in [6.45, 7) is 3.62. The van der Waals surface area contributed by atoms with Gasteiger partial charge in [-0.3, -0.25) is 0 Å². The summed E-state index contributed by atoms with van der Waals surface area (Å²) in [5.74, 6) is -0.0983. The number of carboxylic acid groups (broad SMARTS) is 1. The summed E-state index contributed by atoms with van der Waals surface area (Å²) >= 11 is 0. The molecule has 1 N–H and O–H groups in total. The zero-order valence-corrected chi connectivity index (χ0v) is 9.56. The number of aryl methyl sites for hydroxylation is 1. The van der Waals surface area contributed by atoms with Crippen LogP contribution in [0.1, 0.15) is 25.3 Å². The Bertz CT molecular complexity index is 409. The molecule has 1 atom stereocenters. The van der Waals surface area contributed by atoms with E-state index < -0.39 is 11.6 Å². The molecule has 3 heteroatoms. The van der Waals surface area contributed by atoms with Crippen LogP contribution >= 0.6 is 0 Å². The Morgan fingerprint density at radius 3 is 2.69 bits per heavy atom. The summed E-state index contributed by atoms with van der Waals surface area (Å²) in [5, 5.41) is 9.25. The maximum atomic E-state index is 11.3. The van der Waals surface area contributed by atoms with E-state index in [-0.39, 0.29) is 5.92 Å². The van der Waals surface area contributed by atoms with E-state index >= 15 is 0 Å². The maximum absolute atomic E-state index is 11.3. The molecule has 1 aromatic rings. The van der Waals surface area contributed by atoms with Gasteiger partial charge in [-0.15, -0.1) is 0 Å². The Labute approximate surface area is 95.0 Å². The zero-order chi connectivity index (χ0) is 11.8. The molecule has 2 rings (SSSR count). The molecule has 1 aromatic carbocycles. The minimum Gasteiger partial charge on any atom is -0.478 e. The zero-order valence-electron chi connectivity index (χ0n) is 9.56. The third-order valence-corrected chi connectivity index (χ3v) is 3.10. The minimum absolute atomic E-state index is 0.144. The fraction of sp³-hybridized carbons (Fsp3) is 0.462. The van der Waals surface area contributed by atoms with E-state index in [0.29, 0.717) is 5.75 Å². The topological polar surface area (TPSA) is 46.5 Å². The average molecular weight is 220 g/mol. The van der Waals surface area contributed by atoms with Crippen LogP contribution in [-0.4, -0.2) is 16.7 Å². The molecule has 0 aromatic heterocycles. The van der Waals surface area contributed by atoms with Crippen LogP contribution in [0, 0.1) is 12.8 Å². The van der Waals surface area contributed by atoms with Crippen LogP contribution in [0.5, 0.6) is 5.75 Å². The highest BCUT2D eigenvalue weighted by atomic mass is 16.5.